The van der Waals surface area contributed by atoms with Gasteiger partial charge in [0.2, 0.25) is 0 Å². The van der Waals surface area contributed by atoms with Crippen molar-refractivity contribution in [1.29, 1.82) is 0 Å². The van der Waals surface area contributed by atoms with Gasteiger partial charge in [0, 0.05) is 0 Å². The number of halogens is 1. The largest absolute Gasteiger partial charge is 0.467 e. The summed E-state index contributed by atoms with van der Waals surface area (Å²) in [6.07, 6.45) is 1.08. The first-order valence-corrected chi connectivity index (χ1v) is 6.50. The molecule has 1 heterocycles. The van der Waals surface area contributed by atoms with Crippen LogP contribution in [0.25, 0.3) is 16.1 Å². The minimum Gasteiger partial charge on any atom is -0.467 e. The zero-order chi connectivity index (χ0) is 15.2. The summed E-state index contributed by atoms with van der Waals surface area (Å²) in [5.74, 6) is 0.299. The number of hydrogen-bond acceptors (Lipinski definition) is 5. The molecule has 2 aromatic rings. The molecular weight excluding hydrogens is 338 g/mol. The van der Waals surface area contributed by atoms with E-state index in [4.69, 9.17) is 16.5 Å². The van der Waals surface area contributed by atoms with Crippen LogP contribution in [0.2, 0.25) is 0 Å². The van der Waals surface area contributed by atoms with Gasteiger partial charge in [0.25, 0.3) is 0 Å². The minimum atomic E-state index is 0.146. The van der Waals surface area contributed by atoms with Crippen LogP contribution in [0.3, 0.4) is 0 Å². The van der Waals surface area contributed by atoms with Crippen LogP contribution in [-0.2, 0) is 0 Å². The molecule has 1 aromatic carbocycles. The van der Waals surface area contributed by atoms with Crippen LogP contribution in [0.5, 0.6) is 6.01 Å². The summed E-state index contributed by atoms with van der Waals surface area (Å²) < 4.78 is 5.60. The molecule has 0 amide bonds. The molecule has 106 valence electrons. The second-order valence-electron chi connectivity index (χ2n) is 3.74. The van der Waals surface area contributed by atoms with E-state index in [2.05, 4.69) is 35.7 Å². The highest BCUT2D eigenvalue weighted by Gasteiger charge is 2.14. The van der Waals surface area contributed by atoms with Gasteiger partial charge in [-0.2, -0.15) is 9.97 Å². The summed E-state index contributed by atoms with van der Waals surface area (Å²) >= 11 is 3.38. The molecule has 1 aromatic heterocycles. The molecule has 2 N–H and O–H groups in total. The highest BCUT2D eigenvalue weighted by Crippen LogP contribution is 2.35. The van der Waals surface area contributed by atoms with Crippen LogP contribution < -0.4 is 10.2 Å². The molecule has 21 heavy (non-hydrogen) atoms. The fraction of sp³-hybridized carbons (Fsp3) is 0.0769. The Bertz CT molecular complexity index is 710. The average molecular weight is 348 g/mol. The Morgan fingerprint density at radius 3 is 2.67 bits per heavy atom. The smallest absolute Gasteiger partial charge is 0.318 e. The lowest BCUT2D eigenvalue weighted by Gasteiger charge is -2.08. The second kappa shape index (κ2) is 6.78. The molecule has 0 radical (unpaired) electrons. The Morgan fingerprint density at radius 1 is 1.38 bits per heavy atom. The maximum atomic E-state index is 8.57. The standard InChI is InChI=1S/C13H10BrN5O2/c1-15-9-5-3-8(4-6-9)11-10(14)12(16-7-17-20)19-13(18-11)21-2/h3-7,20H,2H3,(H,16,17,18,19). The van der Waals surface area contributed by atoms with E-state index in [0.717, 1.165) is 11.9 Å². The van der Waals surface area contributed by atoms with Crippen molar-refractivity contribution in [1.82, 2.24) is 15.4 Å². The van der Waals surface area contributed by atoms with E-state index in [1.165, 1.54) is 7.11 Å². The topological polar surface area (TPSA) is 84.0 Å². The van der Waals surface area contributed by atoms with Crippen molar-refractivity contribution in [2.75, 3.05) is 7.11 Å². The van der Waals surface area contributed by atoms with Crippen LogP contribution in [0.15, 0.2) is 33.7 Å². The molecule has 0 saturated carbocycles. The number of hydroxylamine groups is 1. The Labute approximate surface area is 129 Å². The molecule has 8 heteroatoms. The third-order valence-electron chi connectivity index (χ3n) is 2.51. The van der Waals surface area contributed by atoms with Gasteiger partial charge in [-0.15, -0.1) is 0 Å². The predicted octanol–water partition coefficient (Wildman–Crippen LogP) is 3.10. The van der Waals surface area contributed by atoms with Crippen molar-refractivity contribution in [3.8, 4) is 17.3 Å². The molecule has 0 aliphatic rings. The number of aliphatic imine (C=N–C) groups is 1. The maximum absolute atomic E-state index is 8.57. The first-order chi connectivity index (χ1) is 10.2. The highest BCUT2D eigenvalue weighted by molar-refractivity contribution is 9.10. The number of nitrogens with one attached hydrogen (secondary N) is 1. The molecular formula is C13H10BrN5O2. The average Bonchev–Trinajstić information content (AvgIpc) is 2.54. The molecule has 0 aliphatic heterocycles. The van der Waals surface area contributed by atoms with Crippen molar-refractivity contribution in [2.24, 2.45) is 4.99 Å². The van der Waals surface area contributed by atoms with E-state index < -0.39 is 0 Å². The first-order valence-electron chi connectivity index (χ1n) is 5.71. The van der Waals surface area contributed by atoms with Crippen molar-refractivity contribution in [3.63, 3.8) is 0 Å². The van der Waals surface area contributed by atoms with E-state index in [1.807, 2.05) is 5.48 Å². The fourth-order valence-electron chi connectivity index (χ4n) is 1.57. The number of ether oxygens (including phenoxy) is 1. The predicted molar refractivity (Wildman–Crippen MR) is 81.1 cm³/mol. The van der Waals surface area contributed by atoms with Gasteiger partial charge in [0.15, 0.2) is 11.5 Å². The second-order valence-corrected chi connectivity index (χ2v) is 4.54. The van der Waals surface area contributed by atoms with Crippen LogP contribution in [-0.4, -0.2) is 28.6 Å². The minimum absolute atomic E-state index is 0.146. The van der Waals surface area contributed by atoms with Gasteiger partial charge >= 0.3 is 6.01 Å². The highest BCUT2D eigenvalue weighted by atomic mass is 79.9. The van der Waals surface area contributed by atoms with Gasteiger partial charge in [0.05, 0.1) is 23.8 Å². The van der Waals surface area contributed by atoms with Crippen LogP contribution in [0.4, 0.5) is 11.5 Å². The summed E-state index contributed by atoms with van der Waals surface area (Å²) in [7, 11) is 1.45. The molecule has 0 saturated heterocycles. The number of rotatable bonds is 4. The summed E-state index contributed by atoms with van der Waals surface area (Å²) in [4.78, 5) is 15.6. The lowest BCUT2D eigenvalue weighted by Crippen LogP contribution is -2.02. The Kier molecular flexibility index (Phi) is 4.81. The maximum Gasteiger partial charge on any atom is 0.318 e. The Balaban J connectivity index is 2.55. The third kappa shape index (κ3) is 3.34. The lowest BCUT2D eigenvalue weighted by molar-refractivity contribution is 0.240. The van der Waals surface area contributed by atoms with Crippen molar-refractivity contribution < 1.29 is 9.94 Å². The van der Waals surface area contributed by atoms with Gasteiger partial charge in [-0.1, -0.05) is 24.3 Å². The number of benzene rings is 1. The van der Waals surface area contributed by atoms with Gasteiger partial charge in [-0.25, -0.2) is 9.84 Å². The van der Waals surface area contributed by atoms with Crippen molar-refractivity contribution >= 4 is 33.8 Å². The number of aromatic nitrogens is 2. The van der Waals surface area contributed by atoms with Gasteiger partial charge < -0.3 is 4.74 Å². The summed E-state index contributed by atoms with van der Waals surface area (Å²) in [5.41, 5.74) is 3.70. The van der Waals surface area contributed by atoms with E-state index in [9.17, 15) is 0 Å². The van der Waals surface area contributed by atoms with Crippen LogP contribution in [0.1, 0.15) is 0 Å². The van der Waals surface area contributed by atoms with Crippen LogP contribution >= 0.6 is 15.9 Å². The molecule has 0 bridgehead atoms. The molecule has 0 unspecified atom stereocenters. The molecule has 0 atom stereocenters. The molecule has 0 spiro atoms. The quantitative estimate of drug-likeness (QED) is 0.384. The molecule has 0 aliphatic carbocycles. The SMILES string of the molecule is [C-]#[N+]c1ccc(-c2nc(OC)nc(N=CNO)c2Br)cc1. The van der Waals surface area contributed by atoms with Crippen molar-refractivity contribution in [3.05, 3.63) is 40.2 Å². The van der Waals surface area contributed by atoms with Gasteiger partial charge in [0.1, 0.15) is 6.34 Å². The van der Waals surface area contributed by atoms with Gasteiger partial charge in [-0.05, 0) is 21.5 Å². The van der Waals surface area contributed by atoms with Crippen molar-refractivity contribution in [2.45, 2.75) is 0 Å². The Morgan fingerprint density at radius 2 is 2.10 bits per heavy atom. The van der Waals surface area contributed by atoms with Gasteiger partial charge in [-0.3, -0.25) is 10.7 Å². The first kappa shape index (κ1) is 14.9. The summed E-state index contributed by atoms with van der Waals surface area (Å²) in [5, 5.41) is 8.57. The lowest BCUT2D eigenvalue weighted by atomic mass is 10.1. The zero-order valence-corrected chi connectivity index (χ0v) is 12.5. The van der Waals surface area contributed by atoms with E-state index >= 15 is 0 Å². The number of methoxy groups -OCH3 is 1. The van der Waals surface area contributed by atoms with E-state index in [1.54, 1.807) is 24.3 Å². The molecule has 2 rings (SSSR count). The van der Waals surface area contributed by atoms with Crippen LogP contribution in [0, 0.1) is 6.57 Å². The zero-order valence-electron chi connectivity index (χ0n) is 10.9. The monoisotopic (exact) mass is 347 g/mol. The van der Waals surface area contributed by atoms with E-state index in [-0.39, 0.29) is 6.01 Å². The molecule has 7 nitrogen and oxygen atoms in total. The Hall–Kier alpha value is -2.50. The number of nitrogens with zero attached hydrogens (tertiary/aromatic N) is 4. The third-order valence-corrected chi connectivity index (χ3v) is 3.24. The van der Waals surface area contributed by atoms with E-state index in [0.29, 0.717) is 21.7 Å². The molecule has 0 fully saturated rings. The number of hydrogen-bond donors (Lipinski definition) is 2. The summed E-state index contributed by atoms with van der Waals surface area (Å²) in [6.45, 7) is 6.96. The normalized spacial score (nSPS) is 10.4. The summed E-state index contributed by atoms with van der Waals surface area (Å²) in [6, 6.07) is 7.09. The fourth-order valence-corrected chi connectivity index (χ4v) is 2.08.